The molecule has 4 rings (SSSR count). The van der Waals surface area contributed by atoms with Gasteiger partial charge in [-0.25, -0.2) is 4.79 Å². The Hall–Kier alpha value is -3.02. The lowest BCUT2D eigenvalue weighted by Gasteiger charge is -2.42. The molecule has 1 saturated carbocycles. The lowest BCUT2D eigenvalue weighted by atomic mass is 9.68. The number of hydrogen-bond donors (Lipinski definition) is 0. The van der Waals surface area contributed by atoms with Crippen molar-refractivity contribution in [2.24, 2.45) is 29.1 Å². The molecule has 0 bridgehead atoms. The van der Waals surface area contributed by atoms with Crippen LogP contribution in [-0.2, 0) is 18.8 Å². The van der Waals surface area contributed by atoms with Crippen molar-refractivity contribution in [3.05, 3.63) is 96.6 Å². The van der Waals surface area contributed by atoms with Gasteiger partial charge in [-0.15, -0.1) is 0 Å². The number of allylic oxidation sites excluding steroid dienone is 3. The zero-order valence-corrected chi connectivity index (χ0v) is 30.4. The first-order chi connectivity index (χ1) is 21.7. The van der Waals surface area contributed by atoms with Gasteiger partial charge >= 0.3 is 5.97 Å². The third-order valence-electron chi connectivity index (χ3n) is 10.2. The fourth-order valence-electron chi connectivity index (χ4n) is 7.56. The molecule has 2 aliphatic rings. The number of hydrogen-bond acceptors (Lipinski definition) is 4. The van der Waals surface area contributed by atoms with Crippen LogP contribution in [0.25, 0.3) is 0 Å². The number of Topliss-reactive ketones (excluding diaryl/α,β-unsaturated/α-hetero) is 1. The predicted octanol–water partition coefficient (Wildman–Crippen LogP) is 8.61. The molecular weight excluding hydrogens is 585 g/mol. The largest absolute Gasteiger partial charge is 0.454 e. The minimum Gasteiger partial charge on any atom is -0.454 e. The van der Waals surface area contributed by atoms with Crippen LogP contribution in [0.2, 0.25) is 5.04 Å². The number of carbonyl (C=O) groups excluding carboxylic acids is 2. The van der Waals surface area contributed by atoms with E-state index in [2.05, 4.69) is 134 Å². The van der Waals surface area contributed by atoms with Gasteiger partial charge in [-0.1, -0.05) is 147 Å². The molecule has 0 spiro atoms. The number of rotatable bonds is 13. The van der Waals surface area contributed by atoms with Crippen molar-refractivity contribution in [3.8, 4) is 0 Å². The maximum Gasteiger partial charge on any atom is 0.342 e. The highest BCUT2D eigenvalue weighted by molar-refractivity contribution is 6.99. The number of cyclic esters (lactones) is 1. The molecule has 0 unspecified atom stereocenters. The third-order valence-corrected chi connectivity index (χ3v) is 15.2. The van der Waals surface area contributed by atoms with Crippen molar-refractivity contribution in [2.75, 3.05) is 6.61 Å². The van der Waals surface area contributed by atoms with E-state index in [9.17, 15) is 9.59 Å². The smallest absolute Gasteiger partial charge is 0.342 e. The maximum atomic E-state index is 13.2. The summed E-state index contributed by atoms with van der Waals surface area (Å²) in [7, 11) is -2.58. The molecule has 0 amide bonds. The molecule has 0 N–H and O–H groups in total. The van der Waals surface area contributed by atoms with E-state index in [1.54, 1.807) is 0 Å². The first-order valence-electron chi connectivity index (χ1n) is 17.3. The van der Waals surface area contributed by atoms with Gasteiger partial charge in [0.25, 0.3) is 8.32 Å². The first-order valence-corrected chi connectivity index (χ1v) is 19.2. The summed E-state index contributed by atoms with van der Waals surface area (Å²) in [4.78, 5) is 26.0. The summed E-state index contributed by atoms with van der Waals surface area (Å²) in [5, 5.41) is 2.47. The zero-order valence-electron chi connectivity index (χ0n) is 29.4. The summed E-state index contributed by atoms with van der Waals surface area (Å²) >= 11 is 0. The van der Waals surface area contributed by atoms with Gasteiger partial charge in [-0.3, -0.25) is 4.79 Å². The molecule has 0 aromatic heterocycles. The highest BCUT2D eigenvalue weighted by Gasteiger charge is 2.50. The number of esters is 1. The monoisotopic (exact) mass is 640 g/mol. The van der Waals surface area contributed by atoms with E-state index in [0.29, 0.717) is 43.1 Å². The Morgan fingerprint density at radius 2 is 1.57 bits per heavy atom. The van der Waals surface area contributed by atoms with Crippen LogP contribution in [0.1, 0.15) is 87.5 Å². The van der Waals surface area contributed by atoms with Crippen molar-refractivity contribution in [1.29, 1.82) is 0 Å². The van der Waals surface area contributed by atoms with E-state index in [-0.39, 0.29) is 27.9 Å². The molecule has 4 nitrogen and oxygen atoms in total. The average molecular weight is 641 g/mol. The maximum absolute atomic E-state index is 13.2. The van der Waals surface area contributed by atoms with Crippen LogP contribution in [0, 0.1) is 29.1 Å². The molecule has 2 aromatic carbocycles. The summed E-state index contributed by atoms with van der Waals surface area (Å²) in [6.45, 7) is 18.4. The van der Waals surface area contributed by atoms with E-state index < -0.39 is 14.3 Å². The molecule has 1 heterocycles. The zero-order chi connectivity index (χ0) is 33.5. The summed E-state index contributed by atoms with van der Waals surface area (Å²) in [6, 6.07) is 21.4. The fourth-order valence-corrected chi connectivity index (χ4v) is 12.1. The van der Waals surface area contributed by atoms with Crippen molar-refractivity contribution in [1.82, 2.24) is 0 Å². The number of ether oxygens (including phenoxy) is 1. The Bertz CT molecular complexity index is 1360. The molecule has 248 valence electrons. The second-order valence-corrected chi connectivity index (χ2v) is 19.9. The summed E-state index contributed by atoms with van der Waals surface area (Å²) in [5.74, 6) is 1.43. The van der Waals surface area contributed by atoms with Gasteiger partial charge in [0.05, 0.1) is 6.61 Å². The molecule has 0 saturated heterocycles. The lowest BCUT2D eigenvalue weighted by molar-refractivity contribution is -0.144. The number of benzene rings is 2. The Kier molecular flexibility index (Phi) is 11.9. The van der Waals surface area contributed by atoms with Crippen LogP contribution < -0.4 is 10.4 Å². The van der Waals surface area contributed by atoms with Crippen LogP contribution in [-0.4, -0.2) is 32.8 Å². The van der Waals surface area contributed by atoms with E-state index >= 15 is 0 Å². The normalized spacial score (nSPS) is 22.9. The SMILES string of the molecule is CC(C)[C@H]1CC[C@H](C)C[C@@H]1[C@H]1C=C(C(=O)CCC(C)(C)/C=C/C=C/CO[Si](c2ccccc2)(c2ccccc2)C(C)(C)C)C(=O)O1. The Morgan fingerprint density at radius 1 is 0.957 bits per heavy atom. The fraction of sp³-hybridized carbons (Fsp3) is 0.512. The third kappa shape index (κ3) is 8.46. The van der Waals surface area contributed by atoms with Crippen molar-refractivity contribution >= 4 is 30.4 Å². The summed E-state index contributed by atoms with van der Waals surface area (Å²) in [5.41, 5.74) is 0.0500. The van der Waals surface area contributed by atoms with Crippen molar-refractivity contribution < 1.29 is 18.8 Å². The quantitative estimate of drug-likeness (QED) is 0.0952. The van der Waals surface area contributed by atoms with Gasteiger partial charge in [-0.2, -0.15) is 0 Å². The van der Waals surface area contributed by atoms with Crippen LogP contribution in [0.4, 0.5) is 0 Å². The highest BCUT2D eigenvalue weighted by atomic mass is 28.4. The van der Waals surface area contributed by atoms with Gasteiger partial charge < -0.3 is 9.16 Å². The van der Waals surface area contributed by atoms with Gasteiger partial charge in [0.2, 0.25) is 0 Å². The molecule has 2 aromatic rings. The molecule has 46 heavy (non-hydrogen) atoms. The van der Waals surface area contributed by atoms with E-state index in [4.69, 9.17) is 9.16 Å². The number of carbonyl (C=O) groups is 2. The average Bonchev–Trinajstić information content (AvgIpc) is 3.41. The van der Waals surface area contributed by atoms with Crippen LogP contribution in [0.5, 0.6) is 0 Å². The Balaban J connectivity index is 1.36. The topological polar surface area (TPSA) is 52.6 Å². The summed E-state index contributed by atoms with van der Waals surface area (Å²) in [6.07, 6.45) is 14.3. The highest BCUT2D eigenvalue weighted by Crippen LogP contribution is 2.43. The van der Waals surface area contributed by atoms with Crippen molar-refractivity contribution in [3.63, 3.8) is 0 Å². The van der Waals surface area contributed by atoms with Crippen LogP contribution >= 0.6 is 0 Å². The molecule has 1 fully saturated rings. The van der Waals surface area contributed by atoms with Gasteiger partial charge in [0, 0.05) is 12.3 Å². The molecule has 4 atom stereocenters. The minimum atomic E-state index is -2.58. The molecule has 1 aliphatic carbocycles. The molecule has 5 heteroatoms. The van der Waals surface area contributed by atoms with E-state index in [1.807, 2.05) is 12.2 Å². The Morgan fingerprint density at radius 3 is 2.13 bits per heavy atom. The van der Waals surface area contributed by atoms with Crippen LogP contribution in [0.15, 0.2) is 96.6 Å². The van der Waals surface area contributed by atoms with Gasteiger partial charge in [0.15, 0.2) is 5.78 Å². The van der Waals surface area contributed by atoms with Gasteiger partial charge in [-0.05, 0) is 63.9 Å². The van der Waals surface area contributed by atoms with E-state index in [0.717, 1.165) is 12.8 Å². The Labute approximate surface area is 279 Å². The van der Waals surface area contributed by atoms with Crippen molar-refractivity contribution in [2.45, 2.75) is 98.6 Å². The molecular formula is C41H56O4Si. The number of ketones is 1. The van der Waals surface area contributed by atoms with Gasteiger partial charge in [0.1, 0.15) is 11.7 Å². The van der Waals surface area contributed by atoms with E-state index in [1.165, 1.54) is 16.8 Å². The standard InChI is InChI=1S/C41H56O4Si/c1-30(2)34-23-22-31(3)28-35(34)38-29-36(39(43)45-38)37(42)24-26-41(7,8)25-16-11-17-27-44-46(40(4,5)6,32-18-12-9-13-19-32)33-20-14-10-15-21-33/h9-21,25,29-31,34-35,38H,22-24,26-28H2,1-8H3/b17-11+,25-16+/t31-,34+,35-,38+/m0/s1. The molecule has 1 aliphatic heterocycles. The summed E-state index contributed by atoms with van der Waals surface area (Å²) < 4.78 is 12.8. The first kappa shape index (κ1) is 35.8. The van der Waals surface area contributed by atoms with Crippen LogP contribution in [0.3, 0.4) is 0 Å². The lowest BCUT2D eigenvalue weighted by Crippen LogP contribution is -2.66. The second-order valence-electron chi connectivity index (χ2n) is 15.6. The predicted molar refractivity (Wildman–Crippen MR) is 193 cm³/mol. The second kappa shape index (κ2) is 15.3. The minimum absolute atomic E-state index is 0.0694. The molecule has 0 radical (unpaired) electrons.